The lowest BCUT2D eigenvalue weighted by Crippen LogP contribution is -2.56. The summed E-state index contributed by atoms with van der Waals surface area (Å²) in [5, 5.41) is 9.77. The molecule has 1 N–H and O–H groups in total. The summed E-state index contributed by atoms with van der Waals surface area (Å²) in [6.07, 6.45) is 5.10. The van der Waals surface area contributed by atoms with E-state index in [4.69, 9.17) is 0 Å². The SMILES string of the molecule is CN(C(=O)c1ccc(C2SCCCS2)cc1)C1(C(=O)O)CCCCC1. The van der Waals surface area contributed by atoms with E-state index in [1.807, 2.05) is 47.8 Å². The van der Waals surface area contributed by atoms with Gasteiger partial charge in [-0.2, -0.15) is 0 Å². The molecule has 0 unspecified atom stereocenters. The molecule has 1 saturated carbocycles. The van der Waals surface area contributed by atoms with Crippen molar-refractivity contribution in [3.63, 3.8) is 0 Å². The minimum absolute atomic E-state index is 0.195. The highest BCUT2D eigenvalue weighted by Crippen LogP contribution is 2.43. The summed E-state index contributed by atoms with van der Waals surface area (Å²) in [5.41, 5.74) is 0.756. The Hall–Kier alpha value is -1.14. The largest absolute Gasteiger partial charge is 0.479 e. The lowest BCUT2D eigenvalue weighted by atomic mass is 9.80. The predicted octanol–water partition coefficient (Wildman–Crippen LogP) is 4.41. The van der Waals surface area contributed by atoms with E-state index in [-0.39, 0.29) is 5.91 Å². The van der Waals surface area contributed by atoms with Crippen LogP contribution in [0.2, 0.25) is 0 Å². The Labute approximate surface area is 157 Å². The lowest BCUT2D eigenvalue weighted by Gasteiger charge is -2.41. The van der Waals surface area contributed by atoms with Crippen LogP contribution in [-0.4, -0.2) is 46.0 Å². The van der Waals surface area contributed by atoms with Gasteiger partial charge in [0.15, 0.2) is 0 Å². The third-order valence-electron chi connectivity index (χ3n) is 5.28. The number of benzene rings is 1. The molecule has 3 rings (SSSR count). The molecule has 0 aromatic heterocycles. The molecule has 6 heteroatoms. The Morgan fingerprint density at radius 1 is 1.04 bits per heavy atom. The Balaban J connectivity index is 1.76. The van der Waals surface area contributed by atoms with Gasteiger partial charge in [0.1, 0.15) is 5.54 Å². The van der Waals surface area contributed by atoms with E-state index in [9.17, 15) is 14.7 Å². The number of hydrogen-bond donors (Lipinski definition) is 1. The van der Waals surface area contributed by atoms with Crippen LogP contribution in [0.15, 0.2) is 24.3 Å². The summed E-state index contributed by atoms with van der Waals surface area (Å²) >= 11 is 3.91. The van der Waals surface area contributed by atoms with E-state index >= 15 is 0 Å². The summed E-state index contributed by atoms with van der Waals surface area (Å²) in [4.78, 5) is 26.3. The minimum atomic E-state index is -1.05. The van der Waals surface area contributed by atoms with Crippen molar-refractivity contribution in [1.82, 2.24) is 4.90 Å². The number of amides is 1. The molecule has 0 atom stereocenters. The first kappa shape index (κ1) is 18.6. The number of nitrogens with zero attached hydrogens (tertiary/aromatic N) is 1. The Kier molecular flexibility index (Phi) is 6.00. The highest BCUT2D eigenvalue weighted by atomic mass is 32.2. The van der Waals surface area contributed by atoms with Crippen LogP contribution in [0, 0.1) is 0 Å². The number of thioether (sulfide) groups is 2. The molecular formula is C19H25NO3S2. The first-order chi connectivity index (χ1) is 12.0. The van der Waals surface area contributed by atoms with Crippen molar-refractivity contribution in [3.8, 4) is 0 Å². The smallest absolute Gasteiger partial charge is 0.329 e. The summed E-state index contributed by atoms with van der Waals surface area (Å²) in [7, 11) is 1.64. The quantitative estimate of drug-likeness (QED) is 0.839. The summed E-state index contributed by atoms with van der Waals surface area (Å²) in [6, 6.07) is 7.74. The maximum absolute atomic E-state index is 12.9. The van der Waals surface area contributed by atoms with E-state index < -0.39 is 11.5 Å². The lowest BCUT2D eigenvalue weighted by molar-refractivity contribution is -0.151. The van der Waals surface area contributed by atoms with E-state index in [0.29, 0.717) is 23.0 Å². The van der Waals surface area contributed by atoms with Crippen molar-refractivity contribution in [1.29, 1.82) is 0 Å². The fraction of sp³-hybridized carbons (Fsp3) is 0.579. The van der Waals surface area contributed by atoms with Gasteiger partial charge >= 0.3 is 5.97 Å². The molecule has 1 amide bonds. The van der Waals surface area contributed by atoms with Gasteiger partial charge in [0.05, 0.1) is 4.58 Å². The number of hydrogen-bond acceptors (Lipinski definition) is 4. The van der Waals surface area contributed by atoms with Crippen LogP contribution < -0.4 is 0 Å². The number of carbonyl (C=O) groups is 2. The molecule has 0 radical (unpaired) electrons. The molecule has 1 heterocycles. The van der Waals surface area contributed by atoms with Crippen molar-refractivity contribution >= 4 is 35.4 Å². The highest BCUT2D eigenvalue weighted by Gasteiger charge is 2.45. The molecule has 136 valence electrons. The molecule has 1 aromatic rings. The van der Waals surface area contributed by atoms with Crippen LogP contribution >= 0.6 is 23.5 Å². The van der Waals surface area contributed by atoms with E-state index in [2.05, 4.69) is 0 Å². The standard InChI is InChI=1S/C19H25NO3S2/c1-20(19(18(22)23)10-3-2-4-11-19)16(21)14-6-8-15(9-7-14)17-24-12-5-13-25-17/h6-9,17H,2-5,10-13H2,1H3,(H,22,23). The van der Waals surface area contributed by atoms with E-state index in [1.165, 1.54) is 28.4 Å². The van der Waals surface area contributed by atoms with Gasteiger partial charge in [-0.05, 0) is 48.5 Å². The molecule has 1 aliphatic carbocycles. The predicted molar refractivity (Wildman–Crippen MR) is 104 cm³/mol. The normalized spacial score (nSPS) is 20.8. The molecule has 1 aliphatic heterocycles. The van der Waals surface area contributed by atoms with Crippen LogP contribution in [0.1, 0.15) is 59.0 Å². The van der Waals surface area contributed by atoms with E-state index in [0.717, 1.165) is 19.3 Å². The molecule has 25 heavy (non-hydrogen) atoms. The molecule has 1 saturated heterocycles. The monoisotopic (exact) mass is 379 g/mol. The van der Waals surface area contributed by atoms with Gasteiger partial charge in [0, 0.05) is 12.6 Å². The van der Waals surface area contributed by atoms with Crippen molar-refractivity contribution in [2.24, 2.45) is 0 Å². The molecule has 1 aromatic carbocycles. The average Bonchev–Trinajstić information content (AvgIpc) is 2.68. The fourth-order valence-electron chi connectivity index (χ4n) is 3.68. The van der Waals surface area contributed by atoms with Crippen LogP contribution in [-0.2, 0) is 4.79 Å². The molecule has 4 nitrogen and oxygen atoms in total. The number of likely N-dealkylation sites (N-methyl/N-ethyl adjacent to an activating group) is 1. The Morgan fingerprint density at radius 3 is 2.20 bits per heavy atom. The van der Waals surface area contributed by atoms with Gasteiger partial charge in [0.2, 0.25) is 0 Å². The zero-order valence-corrected chi connectivity index (χ0v) is 16.2. The summed E-state index contributed by atoms with van der Waals surface area (Å²) < 4.78 is 0.444. The number of carboxylic acid groups (broad SMARTS) is 1. The highest BCUT2D eigenvalue weighted by molar-refractivity contribution is 8.16. The third-order valence-corrected chi connectivity index (χ3v) is 8.30. The molecule has 2 aliphatic rings. The zero-order valence-electron chi connectivity index (χ0n) is 14.6. The van der Waals surface area contributed by atoms with Crippen molar-refractivity contribution < 1.29 is 14.7 Å². The first-order valence-corrected chi connectivity index (χ1v) is 11.0. The number of carbonyl (C=O) groups excluding carboxylic acids is 1. The van der Waals surface area contributed by atoms with E-state index in [1.54, 1.807) is 7.05 Å². The number of aliphatic carboxylic acids is 1. The molecule has 0 spiro atoms. The second-order valence-corrected chi connectivity index (χ2v) is 9.54. The van der Waals surface area contributed by atoms with Gasteiger partial charge in [-0.3, -0.25) is 4.79 Å². The van der Waals surface area contributed by atoms with Crippen LogP contribution in [0.3, 0.4) is 0 Å². The number of carboxylic acids is 1. The third kappa shape index (κ3) is 3.85. The second kappa shape index (κ2) is 8.04. The maximum atomic E-state index is 12.9. The fourth-order valence-corrected chi connectivity index (χ4v) is 6.57. The van der Waals surface area contributed by atoms with Crippen molar-refractivity contribution in [2.45, 2.75) is 48.6 Å². The van der Waals surface area contributed by atoms with Crippen LogP contribution in [0.25, 0.3) is 0 Å². The minimum Gasteiger partial charge on any atom is -0.479 e. The van der Waals surface area contributed by atoms with Crippen LogP contribution in [0.4, 0.5) is 0 Å². The van der Waals surface area contributed by atoms with Gasteiger partial charge in [-0.1, -0.05) is 31.4 Å². The molecular weight excluding hydrogens is 354 g/mol. The van der Waals surface area contributed by atoms with Crippen molar-refractivity contribution in [3.05, 3.63) is 35.4 Å². The summed E-state index contributed by atoms with van der Waals surface area (Å²) in [6.45, 7) is 0. The Bertz CT molecular complexity index is 620. The second-order valence-electron chi connectivity index (χ2n) is 6.81. The van der Waals surface area contributed by atoms with Crippen LogP contribution in [0.5, 0.6) is 0 Å². The molecule has 0 bridgehead atoms. The van der Waals surface area contributed by atoms with Gasteiger partial charge in [-0.15, -0.1) is 23.5 Å². The van der Waals surface area contributed by atoms with Gasteiger partial charge in [-0.25, -0.2) is 4.79 Å². The van der Waals surface area contributed by atoms with Gasteiger partial charge < -0.3 is 10.0 Å². The maximum Gasteiger partial charge on any atom is 0.329 e. The molecule has 2 fully saturated rings. The summed E-state index contributed by atoms with van der Waals surface area (Å²) in [5.74, 6) is 1.29. The average molecular weight is 380 g/mol. The Morgan fingerprint density at radius 2 is 1.64 bits per heavy atom. The zero-order chi connectivity index (χ0) is 17.9. The van der Waals surface area contributed by atoms with Crippen molar-refractivity contribution in [2.75, 3.05) is 18.6 Å². The first-order valence-electron chi connectivity index (χ1n) is 8.89. The van der Waals surface area contributed by atoms with Gasteiger partial charge in [0.25, 0.3) is 5.91 Å². The topological polar surface area (TPSA) is 57.6 Å². The number of rotatable bonds is 4.